The Bertz CT molecular complexity index is 539. The average Bonchev–Trinajstić information content (AvgIpc) is 3.03. The van der Waals surface area contributed by atoms with E-state index in [0.29, 0.717) is 18.5 Å². The molecule has 1 aromatic carbocycles. The maximum absolute atomic E-state index is 12.8. The third kappa shape index (κ3) is 3.94. The lowest BCUT2D eigenvalue weighted by atomic mass is 9.98. The van der Waals surface area contributed by atoms with Crippen LogP contribution in [-0.4, -0.2) is 36.0 Å². The molecule has 132 valence electrons. The molecule has 1 amide bonds. The largest absolute Gasteiger partial charge is 0.308 e. The molecule has 2 unspecified atom stereocenters. The van der Waals surface area contributed by atoms with Gasteiger partial charge in [-0.3, -0.25) is 9.69 Å². The number of likely N-dealkylation sites (tertiary alicyclic amines) is 1. The van der Waals surface area contributed by atoms with Crippen LogP contribution in [0.25, 0.3) is 0 Å². The summed E-state index contributed by atoms with van der Waals surface area (Å²) in [7, 11) is 0. The van der Waals surface area contributed by atoms with E-state index in [4.69, 9.17) is 11.6 Å². The standard InChI is InChI=1S/C20H29ClN2O/c1-2-20(24)23(17-12-10-16(21)11-13-17)19-9-5-3-4-8-18(19)22-14-6-7-15-22/h10-13,18-19H,2-9,14-15H2,1H3. The van der Waals surface area contributed by atoms with Gasteiger partial charge in [-0.15, -0.1) is 0 Å². The smallest absolute Gasteiger partial charge is 0.227 e. The van der Waals surface area contributed by atoms with Gasteiger partial charge in [-0.1, -0.05) is 37.8 Å². The molecule has 4 heteroatoms. The number of carbonyl (C=O) groups excluding carboxylic acids is 1. The molecule has 3 nitrogen and oxygen atoms in total. The fraction of sp³-hybridized carbons (Fsp3) is 0.650. The molecule has 1 saturated heterocycles. The topological polar surface area (TPSA) is 23.6 Å². The van der Waals surface area contributed by atoms with Crippen molar-refractivity contribution in [2.24, 2.45) is 0 Å². The minimum atomic E-state index is 0.230. The van der Waals surface area contributed by atoms with Gasteiger partial charge in [-0.25, -0.2) is 0 Å². The van der Waals surface area contributed by atoms with Crippen molar-refractivity contribution in [2.45, 2.75) is 70.4 Å². The van der Waals surface area contributed by atoms with Gasteiger partial charge in [0, 0.05) is 23.2 Å². The molecule has 1 aliphatic heterocycles. The van der Waals surface area contributed by atoms with E-state index in [1.807, 2.05) is 31.2 Å². The van der Waals surface area contributed by atoms with Gasteiger partial charge in [-0.05, 0) is 63.0 Å². The summed E-state index contributed by atoms with van der Waals surface area (Å²) in [5.41, 5.74) is 1.00. The number of hydrogen-bond donors (Lipinski definition) is 0. The molecular weight excluding hydrogens is 320 g/mol. The zero-order valence-corrected chi connectivity index (χ0v) is 15.5. The fourth-order valence-corrected chi connectivity index (χ4v) is 4.49. The Labute approximate surface area is 151 Å². The van der Waals surface area contributed by atoms with E-state index in [9.17, 15) is 4.79 Å². The van der Waals surface area contributed by atoms with Crippen LogP contribution in [0.5, 0.6) is 0 Å². The number of amides is 1. The summed E-state index contributed by atoms with van der Waals surface area (Å²) in [4.78, 5) is 17.6. The number of halogens is 1. The number of anilines is 1. The molecule has 0 radical (unpaired) electrons. The van der Waals surface area contributed by atoms with Crippen molar-refractivity contribution in [3.63, 3.8) is 0 Å². The molecular formula is C20H29ClN2O. The Hall–Kier alpha value is -1.06. The Kier molecular flexibility index (Phi) is 6.18. The van der Waals surface area contributed by atoms with Gasteiger partial charge in [0.1, 0.15) is 0 Å². The van der Waals surface area contributed by atoms with Gasteiger partial charge < -0.3 is 4.90 Å². The first kappa shape index (κ1) is 17.8. The summed E-state index contributed by atoms with van der Waals surface area (Å²) < 4.78 is 0. The second-order valence-electron chi connectivity index (χ2n) is 7.11. The summed E-state index contributed by atoms with van der Waals surface area (Å²) in [6.07, 6.45) is 9.25. The molecule has 0 bridgehead atoms. The van der Waals surface area contributed by atoms with E-state index >= 15 is 0 Å². The van der Waals surface area contributed by atoms with Crippen molar-refractivity contribution in [2.75, 3.05) is 18.0 Å². The van der Waals surface area contributed by atoms with Crippen LogP contribution < -0.4 is 4.90 Å². The molecule has 2 atom stereocenters. The lowest BCUT2D eigenvalue weighted by Gasteiger charge is -2.40. The van der Waals surface area contributed by atoms with E-state index in [-0.39, 0.29) is 5.91 Å². The van der Waals surface area contributed by atoms with Crippen molar-refractivity contribution in [1.29, 1.82) is 0 Å². The molecule has 1 aliphatic carbocycles. The first-order valence-corrected chi connectivity index (χ1v) is 9.90. The number of hydrogen-bond acceptors (Lipinski definition) is 2. The molecule has 1 heterocycles. The molecule has 2 fully saturated rings. The molecule has 2 aliphatic rings. The van der Waals surface area contributed by atoms with E-state index in [0.717, 1.165) is 17.1 Å². The molecule has 3 rings (SSSR count). The maximum Gasteiger partial charge on any atom is 0.227 e. The Morgan fingerprint density at radius 2 is 1.75 bits per heavy atom. The van der Waals surface area contributed by atoms with Crippen LogP contribution in [0.1, 0.15) is 58.3 Å². The van der Waals surface area contributed by atoms with Gasteiger partial charge in [0.2, 0.25) is 5.91 Å². The molecule has 24 heavy (non-hydrogen) atoms. The van der Waals surface area contributed by atoms with E-state index in [2.05, 4.69) is 9.80 Å². The minimum absolute atomic E-state index is 0.230. The number of benzene rings is 1. The molecule has 1 aromatic rings. The predicted octanol–water partition coefficient (Wildman–Crippen LogP) is 4.88. The zero-order valence-electron chi connectivity index (χ0n) is 14.7. The monoisotopic (exact) mass is 348 g/mol. The highest BCUT2D eigenvalue weighted by atomic mass is 35.5. The third-order valence-electron chi connectivity index (χ3n) is 5.56. The van der Waals surface area contributed by atoms with Gasteiger partial charge in [0.15, 0.2) is 0 Å². The Morgan fingerprint density at radius 3 is 2.42 bits per heavy atom. The second kappa shape index (κ2) is 8.35. The zero-order chi connectivity index (χ0) is 16.9. The van der Waals surface area contributed by atoms with Crippen LogP contribution in [0.15, 0.2) is 24.3 Å². The summed E-state index contributed by atoms with van der Waals surface area (Å²) in [6.45, 7) is 4.35. The number of carbonyl (C=O) groups is 1. The normalized spacial score (nSPS) is 25.4. The van der Waals surface area contributed by atoms with Crippen molar-refractivity contribution >= 4 is 23.2 Å². The van der Waals surface area contributed by atoms with Gasteiger partial charge in [-0.2, -0.15) is 0 Å². The maximum atomic E-state index is 12.8. The van der Waals surface area contributed by atoms with Gasteiger partial charge in [0.05, 0.1) is 6.04 Å². The highest BCUT2D eigenvalue weighted by molar-refractivity contribution is 6.30. The quantitative estimate of drug-likeness (QED) is 0.724. The van der Waals surface area contributed by atoms with Crippen LogP contribution in [0.3, 0.4) is 0 Å². The highest BCUT2D eigenvalue weighted by Gasteiger charge is 2.36. The first-order chi connectivity index (χ1) is 11.7. The summed E-state index contributed by atoms with van der Waals surface area (Å²) >= 11 is 6.06. The second-order valence-corrected chi connectivity index (χ2v) is 7.55. The van der Waals surface area contributed by atoms with Crippen LogP contribution >= 0.6 is 11.6 Å². The molecule has 1 saturated carbocycles. The van der Waals surface area contributed by atoms with Crippen LogP contribution in [0, 0.1) is 0 Å². The van der Waals surface area contributed by atoms with Crippen LogP contribution in [-0.2, 0) is 4.79 Å². The fourth-order valence-electron chi connectivity index (χ4n) is 4.36. The SMILES string of the molecule is CCC(=O)N(c1ccc(Cl)cc1)C1CCCCCC1N1CCCC1. The van der Waals surface area contributed by atoms with Crippen molar-refractivity contribution < 1.29 is 4.79 Å². The highest BCUT2D eigenvalue weighted by Crippen LogP contribution is 2.32. The van der Waals surface area contributed by atoms with Crippen molar-refractivity contribution in [1.82, 2.24) is 4.90 Å². The van der Waals surface area contributed by atoms with E-state index in [1.165, 1.54) is 51.6 Å². The third-order valence-corrected chi connectivity index (χ3v) is 5.81. The van der Waals surface area contributed by atoms with E-state index in [1.54, 1.807) is 0 Å². The molecule has 0 N–H and O–H groups in total. The lowest BCUT2D eigenvalue weighted by Crippen LogP contribution is -2.53. The average molecular weight is 349 g/mol. The van der Waals surface area contributed by atoms with Crippen LogP contribution in [0.2, 0.25) is 5.02 Å². The van der Waals surface area contributed by atoms with Crippen LogP contribution in [0.4, 0.5) is 5.69 Å². The molecule has 0 spiro atoms. The van der Waals surface area contributed by atoms with Crippen molar-refractivity contribution in [3.8, 4) is 0 Å². The minimum Gasteiger partial charge on any atom is -0.308 e. The van der Waals surface area contributed by atoms with Crippen molar-refractivity contribution in [3.05, 3.63) is 29.3 Å². The van der Waals surface area contributed by atoms with Gasteiger partial charge in [0.25, 0.3) is 0 Å². The predicted molar refractivity (Wildman–Crippen MR) is 101 cm³/mol. The Morgan fingerprint density at radius 1 is 1.08 bits per heavy atom. The first-order valence-electron chi connectivity index (χ1n) is 9.52. The molecule has 0 aromatic heterocycles. The summed E-state index contributed by atoms with van der Waals surface area (Å²) in [5, 5.41) is 0.722. The van der Waals surface area contributed by atoms with E-state index < -0.39 is 0 Å². The lowest BCUT2D eigenvalue weighted by molar-refractivity contribution is -0.119. The van der Waals surface area contributed by atoms with Gasteiger partial charge >= 0.3 is 0 Å². The summed E-state index contributed by atoms with van der Waals surface area (Å²) in [6, 6.07) is 8.59. The number of rotatable bonds is 4. The summed E-state index contributed by atoms with van der Waals surface area (Å²) in [5.74, 6) is 0.230. The Balaban J connectivity index is 1.92. The number of nitrogens with zero attached hydrogens (tertiary/aromatic N) is 2.